The predicted molar refractivity (Wildman–Crippen MR) is 97.2 cm³/mol. The molecule has 0 spiro atoms. The Morgan fingerprint density at radius 3 is 2.16 bits per heavy atom. The summed E-state index contributed by atoms with van der Waals surface area (Å²) in [4.78, 5) is 31.9. The van der Waals surface area contributed by atoms with Crippen molar-refractivity contribution in [1.29, 1.82) is 0 Å². The highest BCUT2D eigenvalue weighted by atomic mass is 16.2. The summed E-state index contributed by atoms with van der Waals surface area (Å²) in [6.45, 7) is 3.71. The van der Waals surface area contributed by atoms with E-state index in [4.69, 9.17) is 0 Å². The maximum atomic E-state index is 13.2. The third kappa shape index (κ3) is 3.57. The molecule has 2 amide bonds. The van der Waals surface area contributed by atoms with Crippen LogP contribution in [0, 0.1) is 0 Å². The first-order valence-corrected chi connectivity index (χ1v) is 10.6. The Morgan fingerprint density at radius 1 is 0.760 bits per heavy atom. The molecular weight excluding hydrogens is 314 g/mol. The van der Waals surface area contributed by atoms with Crippen LogP contribution in [0.5, 0.6) is 0 Å². The summed E-state index contributed by atoms with van der Waals surface area (Å²) >= 11 is 0. The smallest absolute Gasteiger partial charge is 0.239 e. The second-order valence-corrected chi connectivity index (χ2v) is 8.43. The lowest BCUT2D eigenvalue weighted by Gasteiger charge is -2.43. The molecule has 140 valence electrons. The maximum Gasteiger partial charge on any atom is 0.239 e. The molecule has 1 atom stereocenters. The van der Waals surface area contributed by atoms with E-state index in [1.165, 1.54) is 38.5 Å². The normalized spacial score (nSPS) is 30.4. The molecule has 0 N–H and O–H groups in total. The van der Waals surface area contributed by atoms with Crippen LogP contribution in [0.4, 0.5) is 0 Å². The van der Waals surface area contributed by atoms with Crippen LogP contribution in [-0.4, -0.2) is 70.8 Å². The average Bonchev–Trinajstić information content (AvgIpc) is 3.33. The van der Waals surface area contributed by atoms with Crippen LogP contribution in [0.2, 0.25) is 0 Å². The molecule has 4 rings (SSSR count). The van der Waals surface area contributed by atoms with Crippen molar-refractivity contribution in [3.05, 3.63) is 0 Å². The summed E-state index contributed by atoms with van der Waals surface area (Å²) in [5, 5.41) is 0. The Kier molecular flexibility index (Phi) is 5.30. The molecule has 0 aromatic heterocycles. The third-order valence-electron chi connectivity index (χ3n) is 6.95. The molecule has 4 aliphatic rings. The predicted octanol–water partition coefficient (Wildman–Crippen LogP) is 2.40. The summed E-state index contributed by atoms with van der Waals surface area (Å²) < 4.78 is 0. The van der Waals surface area contributed by atoms with Gasteiger partial charge in [-0.2, -0.15) is 0 Å². The van der Waals surface area contributed by atoms with Crippen LogP contribution in [0.15, 0.2) is 0 Å². The van der Waals surface area contributed by atoms with E-state index in [0.29, 0.717) is 23.9 Å². The number of hydrogen-bond acceptors (Lipinski definition) is 3. The van der Waals surface area contributed by atoms with E-state index < -0.39 is 0 Å². The van der Waals surface area contributed by atoms with Gasteiger partial charge >= 0.3 is 0 Å². The Balaban J connectivity index is 1.35. The van der Waals surface area contributed by atoms with Crippen LogP contribution in [0.1, 0.15) is 70.6 Å². The highest BCUT2D eigenvalue weighted by molar-refractivity contribution is 5.82. The Hall–Kier alpha value is -1.10. The van der Waals surface area contributed by atoms with Gasteiger partial charge in [-0.25, -0.2) is 0 Å². The quantitative estimate of drug-likeness (QED) is 0.787. The summed E-state index contributed by atoms with van der Waals surface area (Å²) in [5.41, 5.74) is 0. The van der Waals surface area contributed by atoms with Crippen LogP contribution in [0.25, 0.3) is 0 Å². The summed E-state index contributed by atoms with van der Waals surface area (Å²) in [6, 6.07) is 1.15. The highest BCUT2D eigenvalue weighted by Crippen LogP contribution is 2.31. The molecule has 0 aromatic rings. The van der Waals surface area contributed by atoms with Crippen molar-refractivity contribution in [2.45, 2.75) is 88.8 Å². The largest absolute Gasteiger partial charge is 0.341 e. The van der Waals surface area contributed by atoms with Gasteiger partial charge in [-0.15, -0.1) is 0 Å². The molecule has 0 bridgehead atoms. The SMILES string of the molecule is O=C(C1CCCCN1C1CCCC1)N1CCC(N2CCCC2=O)CC1. The average molecular weight is 348 g/mol. The molecule has 1 saturated carbocycles. The van der Waals surface area contributed by atoms with E-state index >= 15 is 0 Å². The van der Waals surface area contributed by atoms with Gasteiger partial charge in [0.25, 0.3) is 0 Å². The minimum absolute atomic E-state index is 0.127. The van der Waals surface area contributed by atoms with Crippen molar-refractivity contribution in [2.24, 2.45) is 0 Å². The number of nitrogens with zero attached hydrogens (tertiary/aromatic N) is 3. The lowest BCUT2D eigenvalue weighted by molar-refractivity contribution is -0.141. The van der Waals surface area contributed by atoms with Crippen molar-refractivity contribution in [2.75, 3.05) is 26.2 Å². The molecule has 25 heavy (non-hydrogen) atoms. The Morgan fingerprint density at radius 2 is 1.48 bits per heavy atom. The van der Waals surface area contributed by atoms with Gasteiger partial charge in [0.2, 0.25) is 11.8 Å². The lowest BCUT2D eigenvalue weighted by Crippen LogP contribution is -2.56. The molecule has 5 nitrogen and oxygen atoms in total. The molecule has 1 aliphatic carbocycles. The van der Waals surface area contributed by atoms with E-state index in [9.17, 15) is 9.59 Å². The van der Waals surface area contributed by atoms with Crippen LogP contribution >= 0.6 is 0 Å². The molecule has 3 heterocycles. The van der Waals surface area contributed by atoms with E-state index in [1.807, 2.05) is 0 Å². The molecule has 3 saturated heterocycles. The van der Waals surface area contributed by atoms with Gasteiger partial charge in [-0.3, -0.25) is 14.5 Å². The maximum absolute atomic E-state index is 13.2. The first-order valence-electron chi connectivity index (χ1n) is 10.6. The van der Waals surface area contributed by atoms with Gasteiger partial charge in [0, 0.05) is 38.1 Å². The van der Waals surface area contributed by atoms with Crippen molar-refractivity contribution >= 4 is 11.8 Å². The highest BCUT2D eigenvalue weighted by Gasteiger charge is 2.38. The van der Waals surface area contributed by atoms with E-state index in [2.05, 4.69) is 14.7 Å². The van der Waals surface area contributed by atoms with Crippen LogP contribution in [0.3, 0.4) is 0 Å². The molecule has 0 radical (unpaired) electrons. The second kappa shape index (κ2) is 7.65. The number of hydrogen-bond donors (Lipinski definition) is 0. The molecule has 4 fully saturated rings. The van der Waals surface area contributed by atoms with Crippen LogP contribution < -0.4 is 0 Å². The summed E-state index contributed by atoms with van der Waals surface area (Å²) in [7, 11) is 0. The zero-order chi connectivity index (χ0) is 17.2. The zero-order valence-electron chi connectivity index (χ0n) is 15.5. The zero-order valence-corrected chi connectivity index (χ0v) is 15.5. The Labute approximate surface area is 151 Å². The van der Waals surface area contributed by atoms with E-state index in [-0.39, 0.29) is 6.04 Å². The number of carbonyl (C=O) groups is 2. The molecular formula is C20H33N3O2. The number of carbonyl (C=O) groups excluding carboxylic acids is 2. The number of likely N-dealkylation sites (tertiary alicyclic amines) is 3. The second-order valence-electron chi connectivity index (χ2n) is 8.43. The third-order valence-corrected chi connectivity index (χ3v) is 6.95. The molecule has 0 aromatic carbocycles. The van der Waals surface area contributed by atoms with Crippen molar-refractivity contribution < 1.29 is 9.59 Å². The van der Waals surface area contributed by atoms with Crippen molar-refractivity contribution in [1.82, 2.24) is 14.7 Å². The minimum atomic E-state index is 0.127. The Bertz CT molecular complexity index is 495. The van der Waals surface area contributed by atoms with Crippen LogP contribution in [-0.2, 0) is 9.59 Å². The standard InChI is InChI=1S/C20H33N3O2/c24-19-9-5-13-23(19)17-10-14-21(15-11-17)20(25)18-8-3-4-12-22(18)16-6-1-2-7-16/h16-18H,1-15H2. The fourth-order valence-corrected chi connectivity index (χ4v) is 5.56. The van der Waals surface area contributed by atoms with Gasteiger partial charge < -0.3 is 9.80 Å². The van der Waals surface area contributed by atoms with E-state index in [1.54, 1.807) is 0 Å². The van der Waals surface area contributed by atoms with Gasteiger partial charge in [0.1, 0.15) is 0 Å². The van der Waals surface area contributed by atoms with Gasteiger partial charge in [-0.1, -0.05) is 19.3 Å². The monoisotopic (exact) mass is 347 g/mol. The fraction of sp³-hybridized carbons (Fsp3) is 0.900. The van der Waals surface area contributed by atoms with Gasteiger partial charge in [0.05, 0.1) is 6.04 Å². The molecule has 5 heteroatoms. The summed E-state index contributed by atoms with van der Waals surface area (Å²) in [6.07, 6.45) is 12.4. The van der Waals surface area contributed by atoms with Gasteiger partial charge in [-0.05, 0) is 51.5 Å². The lowest BCUT2D eigenvalue weighted by atomic mass is 9.96. The van der Waals surface area contributed by atoms with E-state index in [0.717, 1.165) is 58.3 Å². The first-order chi connectivity index (χ1) is 12.2. The van der Waals surface area contributed by atoms with Crippen molar-refractivity contribution in [3.63, 3.8) is 0 Å². The number of amides is 2. The summed E-state index contributed by atoms with van der Waals surface area (Å²) in [5.74, 6) is 0.697. The molecule has 1 unspecified atom stereocenters. The number of rotatable bonds is 3. The molecule has 3 aliphatic heterocycles. The fourth-order valence-electron chi connectivity index (χ4n) is 5.56. The van der Waals surface area contributed by atoms with Gasteiger partial charge in [0.15, 0.2) is 0 Å². The van der Waals surface area contributed by atoms with Crippen molar-refractivity contribution in [3.8, 4) is 0 Å². The number of piperidine rings is 2. The minimum Gasteiger partial charge on any atom is -0.341 e. The topological polar surface area (TPSA) is 43.9 Å². The first kappa shape index (κ1) is 17.3.